The third kappa shape index (κ3) is 8.77. The molecule has 0 saturated heterocycles. The Morgan fingerprint density at radius 2 is 1.37 bits per heavy atom. The molecule has 6 nitrogen and oxygen atoms in total. The molecule has 0 heterocycles. The molecule has 0 aliphatic carbocycles. The highest BCUT2D eigenvalue weighted by atomic mass is 19.1. The van der Waals surface area contributed by atoms with Gasteiger partial charge in [-0.2, -0.15) is 0 Å². The van der Waals surface area contributed by atoms with E-state index in [9.17, 15) is 23.2 Å². The Morgan fingerprint density at radius 3 is 1.86 bits per heavy atom. The third-order valence-electron chi connectivity index (χ3n) is 5.21. The average molecular weight is 488 g/mol. The van der Waals surface area contributed by atoms with Crippen LogP contribution in [0.25, 0.3) is 0 Å². The molecule has 0 saturated carbocycles. The summed E-state index contributed by atoms with van der Waals surface area (Å²) in [6, 6.07) is 8.30. The van der Waals surface area contributed by atoms with Crippen LogP contribution in [0.4, 0.5) is 8.78 Å². The Hall–Kier alpha value is -3.29. The summed E-state index contributed by atoms with van der Waals surface area (Å²) >= 11 is 0. The molecule has 0 spiro atoms. The number of carbonyl (C=O) groups excluding carboxylic acids is 3. The lowest BCUT2D eigenvalue weighted by molar-refractivity contribution is -0.132. The quantitative estimate of drug-likeness (QED) is 0.550. The SMILES string of the molecule is C[C@H](NC(=O)Cc1cc(F)cc(F)c1)C(=O)NC(C(=O)NC(C)(C)C)c1ccc(C(C)(C)C)cc1. The first-order valence-corrected chi connectivity index (χ1v) is 11.5. The lowest BCUT2D eigenvalue weighted by atomic mass is 9.86. The second-order valence-corrected chi connectivity index (χ2v) is 10.8. The van der Waals surface area contributed by atoms with Gasteiger partial charge in [0.05, 0.1) is 6.42 Å². The van der Waals surface area contributed by atoms with Crippen LogP contribution in [0.3, 0.4) is 0 Å². The summed E-state index contributed by atoms with van der Waals surface area (Å²) in [6.45, 7) is 13.2. The zero-order valence-corrected chi connectivity index (χ0v) is 21.4. The molecule has 0 aliphatic heterocycles. The van der Waals surface area contributed by atoms with Gasteiger partial charge in [0, 0.05) is 11.6 Å². The van der Waals surface area contributed by atoms with Crippen molar-refractivity contribution < 1.29 is 23.2 Å². The zero-order chi connectivity index (χ0) is 26.6. The molecule has 2 aromatic rings. The highest BCUT2D eigenvalue weighted by Crippen LogP contribution is 2.24. The van der Waals surface area contributed by atoms with Crippen molar-refractivity contribution in [2.24, 2.45) is 0 Å². The van der Waals surface area contributed by atoms with Gasteiger partial charge in [0.1, 0.15) is 23.7 Å². The van der Waals surface area contributed by atoms with Crippen molar-refractivity contribution >= 4 is 17.7 Å². The second kappa shape index (κ2) is 11.0. The van der Waals surface area contributed by atoms with Crippen LogP contribution < -0.4 is 16.0 Å². The van der Waals surface area contributed by atoms with Gasteiger partial charge in [-0.15, -0.1) is 0 Å². The molecule has 0 radical (unpaired) electrons. The molecular formula is C27H35F2N3O3. The van der Waals surface area contributed by atoms with Crippen molar-refractivity contribution in [3.63, 3.8) is 0 Å². The fourth-order valence-corrected chi connectivity index (χ4v) is 3.44. The Bertz CT molecular complexity index is 1050. The molecule has 0 aliphatic rings. The van der Waals surface area contributed by atoms with Crippen molar-refractivity contribution in [3.05, 3.63) is 70.8 Å². The van der Waals surface area contributed by atoms with Crippen LogP contribution in [0.5, 0.6) is 0 Å². The number of carbonyl (C=O) groups is 3. The largest absolute Gasteiger partial charge is 0.349 e. The molecule has 190 valence electrons. The van der Waals surface area contributed by atoms with E-state index < -0.39 is 41.1 Å². The first kappa shape index (κ1) is 28.0. The topological polar surface area (TPSA) is 87.3 Å². The summed E-state index contributed by atoms with van der Waals surface area (Å²) in [5.74, 6) is -3.11. The van der Waals surface area contributed by atoms with Crippen molar-refractivity contribution in [3.8, 4) is 0 Å². The normalized spacial score (nSPS) is 13.5. The minimum atomic E-state index is -0.986. The average Bonchev–Trinajstić information content (AvgIpc) is 2.69. The fraction of sp³-hybridized carbons (Fsp3) is 0.444. The van der Waals surface area contributed by atoms with E-state index in [1.165, 1.54) is 6.92 Å². The van der Waals surface area contributed by atoms with Gasteiger partial charge in [-0.1, -0.05) is 45.0 Å². The van der Waals surface area contributed by atoms with E-state index in [4.69, 9.17) is 0 Å². The van der Waals surface area contributed by atoms with E-state index in [-0.39, 0.29) is 23.3 Å². The second-order valence-electron chi connectivity index (χ2n) is 10.8. The lowest BCUT2D eigenvalue weighted by Crippen LogP contribution is -2.51. The maximum Gasteiger partial charge on any atom is 0.247 e. The van der Waals surface area contributed by atoms with Crippen LogP contribution in [0.2, 0.25) is 0 Å². The van der Waals surface area contributed by atoms with Crippen LogP contribution in [0.1, 0.15) is 71.2 Å². The van der Waals surface area contributed by atoms with E-state index >= 15 is 0 Å². The highest BCUT2D eigenvalue weighted by Gasteiger charge is 2.28. The molecule has 8 heteroatoms. The molecule has 35 heavy (non-hydrogen) atoms. The fourth-order valence-electron chi connectivity index (χ4n) is 3.44. The summed E-state index contributed by atoms with van der Waals surface area (Å²) in [6.07, 6.45) is -0.297. The molecule has 1 unspecified atom stereocenters. The van der Waals surface area contributed by atoms with Gasteiger partial charge in [-0.3, -0.25) is 14.4 Å². The summed E-state index contributed by atoms with van der Waals surface area (Å²) in [5.41, 5.74) is 1.23. The smallest absolute Gasteiger partial charge is 0.247 e. The zero-order valence-electron chi connectivity index (χ0n) is 21.4. The number of hydrogen-bond acceptors (Lipinski definition) is 3. The van der Waals surface area contributed by atoms with Gasteiger partial charge in [0.25, 0.3) is 0 Å². The molecule has 2 rings (SSSR count). The number of halogens is 2. The molecule has 0 fully saturated rings. The lowest BCUT2D eigenvalue weighted by Gasteiger charge is -2.27. The summed E-state index contributed by atoms with van der Waals surface area (Å²) in [7, 11) is 0. The summed E-state index contributed by atoms with van der Waals surface area (Å²) in [5, 5.41) is 8.11. The number of hydrogen-bond donors (Lipinski definition) is 3. The Balaban J connectivity index is 2.15. The first-order valence-electron chi connectivity index (χ1n) is 11.5. The van der Waals surface area contributed by atoms with Crippen molar-refractivity contribution in [1.29, 1.82) is 0 Å². The number of benzene rings is 2. The minimum absolute atomic E-state index is 0.0751. The molecule has 3 N–H and O–H groups in total. The van der Waals surface area contributed by atoms with E-state index in [0.29, 0.717) is 11.6 Å². The monoisotopic (exact) mass is 487 g/mol. The van der Waals surface area contributed by atoms with E-state index in [2.05, 4.69) is 36.7 Å². The minimum Gasteiger partial charge on any atom is -0.349 e. The van der Waals surface area contributed by atoms with Crippen molar-refractivity contribution in [1.82, 2.24) is 16.0 Å². The van der Waals surface area contributed by atoms with Gasteiger partial charge in [0.2, 0.25) is 17.7 Å². The van der Waals surface area contributed by atoms with E-state index in [1.54, 1.807) is 12.1 Å². The molecule has 3 amide bonds. The highest BCUT2D eigenvalue weighted by molar-refractivity contribution is 5.93. The number of nitrogens with one attached hydrogen (secondary N) is 3. The van der Waals surface area contributed by atoms with Gasteiger partial charge >= 0.3 is 0 Å². The maximum absolute atomic E-state index is 13.4. The van der Waals surface area contributed by atoms with Crippen LogP contribution in [0.15, 0.2) is 42.5 Å². The van der Waals surface area contributed by atoms with Gasteiger partial charge in [-0.05, 0) is 61.9 Å². The van der Waals surface area contributed by atoms with Crippen LogP contribution in [-0.2, 0) is 26.2 Å². The summed E-state index contributed by atoms with van der Waals surface area (Å²) < 4.78 is 26.8. The Morgan fingerprint density at radius 1 is 0.829 bits per heavy atom. The first-order chi connectivity index (χ1) is 16.0. The van der Waals surface area contributed by atoms with Crippen molar-refractivity contribution in [2.75, 3.05) is 0 Å². The predicted molar refractivity (Wildman–Crippen MR) is 132 cm³/mol. The van der Waals surface area contributed by atoms with Crippen molar-refractivity contribution in [2.45, 2.75) is 77.9 Å². The van der Waals surface area contributed by atoms with E-state index in [1.807, 2.05) is 32.9 Å². The van der Waals surface area contributed by atoms with Crippen LogP contribution in [0, 0.1) is 11.6 Å². The number of rotatable bonds is 7. The third-order valence-corrected chi connectivity index (χ3v) is 5.21. The number of amides is 3. The van der Waals surface area contributed by atoms with E-state index in [0.717, 1.165) is 17.7 Å². The van der Waals surface area contributed by atoms with Gasteiger partial charge in [0.15, 0.2) is 0 Å². The van der Waals surface area contributed by atoms with Crippen LogP contribution >= 0.6 is 0 Å². The van der Waals surface area contributed by atoms with Gasteiger partial charge < -0.3 is 16.0 Å². The predicted octanol–water partition coefficient (Wildman–Crippen LogP) is 4.08. The molecule has 0 bridgehead atoms. The maximum atomic E-state index is 13.4. The molecule has 2 aromatic carbocycles. The van der Waals surface area contributed by atoms with Crippen LogP contribution in [-0.4, -0.2) is 29.3 Å². The Kier molecular flexibility index (Phi) is 8.76. The Labute approximate surface area is 205 Å². The van der Waals surface area contributed by atoms with Gasteiger partial charge in [-0.25, -0.2) is 8.78 Å². The molecule has 2 atom stereocenters. The molecule has 0 aromatic heterocycles. The summed E-state index contributed by atoms with van der Waals surface area (Å²) in [4.78, 5) is 38.3. The molecular weight excluding hydrogens is 452 g/mol. The standard InChI is InChI=1S/C27H35F2N3O3/c1-16(30-22(33)14-17-12-20(28)15-21(29)13-17)24(34)31-23(25(35)32-27(5,6)7)18-8-10-19(11-9-18)26(2,3)4/h8-13,15-16,23H,14H2,1-7H3,(H,30,33)(H,31,34)(H,32,35)/t16-,23?/m0/s1.